The summed E-state index contributed by atoms with van der Waals surface area (Å²) in [5.74, 6) is 0. The molecule has 0 saturated heterocycles. The van der Waals surface area contributed by atoms with E-state index in [0.717, 1.165) is 44.8 Å². The first-order valence-electron chi connectivity index (χ1n) is 7.02. The third kappa shape index (κ3) is 2.88. The van der Waals surface area contributed by atoms with Crippen LogP contribution in [0.4, 0.5) is 0 Å². The molecule has 1 atom stereocenters. The van der Waals surface area contributed by atoms with Crippen LogP contribution in [0, 0.1) is 0 Å². The third-order valence-electron chi connectivity index (χ3n) is 3.65. The Bertz CT molecular complexity index is 547. The van der Waals surface area contributed by atoms with E-state index in [1.165, 1.54) is 5.69 Å². The highest BCUT2D eigenvalue weighted by molar-refractivity contribution is 5.13. The van der Waals surface area contributed by atoms with Crippen molar-refractivity contribution in [3.63, 3.8) is 0 Å². The highest BCUT2D eigenvalue weighted by Crippen LogP contribution is 2.17. The number of rotatable bonds is 4. The molecule has 7 heteroatoms. The Hall–Kier alpha value is -1.73. The van der Waals surface area contributed by atoms with Gasteiger partial charge in [0.25, 0.3) is 0 Å². The number of hydrogen-bond acceptors (Lipinski definition) is 5. The van der Waals surface area contributed by atoms with Gasteiger partial charge in [-0.15, -0.1) is 0 Å². The third-order valence-corrected chi connectivity index (χ3v) is 3.65. The van der Waals surface area contributed by atoms with Gasteiger partial charge in [0, 0.05) is 26.2 Å². The fourth-order valence-corrected chi connectivity index (χ4v) is 2.54. The molecule has 0 radical (unpaired) electrons. The van der Waals surface area contributed by atoms with E-state index in [1.807, 2.05) is 15.4 Å². The molecular weight excluding hydrogens is 256 g/mol. The molecule has 0 aliphatic carbocycles. The fraction of sp³-hybridized carbons (Fsp3) is 0.615. The van der Waals surface area contributed by atoms with Crippen LogP contribution in [0.5, 0.6) is 0 Å². The molecule has 1 aliphatic rings. The highest BCUT2D eigenvalue weighted by atomic mass is 16.3. The van der Waals surface area contributed by atoms with Crippen molar-refractivity contribution in [2.24, 2.45) is 0 Å². The zero-order valence-electron chi connectivity index (χ0n) is 11.7. The summed E-state index contributed by atoms with van der Waals surface area (Å²) in [5.41, 5.74) is 1.94. The molecule has 0 bridgehead atoms. The quantitative estimate of drug-likeness (QED) is 0.877. The average Bonchev–Trinajstić information content (AvgIpc) is 3.03. The summed E-state index contributed by atoms with van der Waals surface area (Å²) in [5, 5.41) is 18.2. The van der Waals surface area contributed by atoms with Gasteiger partial charge >= 0.3 is 0 Å². The molecule has 1 aliphatic heterocycles. The normalized spacial score (nSPS) is 17.7. The summed E-state index contributed by atoms with van der Waals surface area (Å²) in [7, 11) is 0. The molecule has 20 heavy (non-hydrogen) atoms. The maximum absolute atomic E-state index is 9.63. The van der Waals surface area contributed by atoms with E-state index >= 15 is 0 Å². The number of hydrogen-bond donors (Lipinski definition) is 1. The maximum Gasteiger partial charge on any atom is 0.137 e. The van der Waals surface area contributed by atoms with Crippen LogP contribution in [-0.4, -0.2) is 47.6 Å². The van der Waals surface area contributed by atoms with Gasteiger partial charge in [0.1, 0.15) is 12.7 Å². The standard InChI is InChI=1S/C13H20N6O/c1-11(20)13-7-12-8-17(3-2-4-19(12)16-13)5-6-18-10-14-9-15-18/h7,9-11,20H,2-6,8H2,1H3/t11-/m1/s1. The highest BCUT2D eigenvalue weighted by Gasteiger charge is 2.18. The fourth-order valence-electron chi connectivity index (χ4n) is 2.54. The van der Waals surface area contributed by atoms with Crippen LogP contribution in [0.1, 0.15) is 30.8 Å². The number of aliphatic hydroxyl groups excluding tert-OH is 1. The van der Waals surface area contributed by atoms with Crippen LogP contribution in [-0.2, 0) is 19.6 Å². The molecule has 0 amide bonds. The summed E-state index contributed by atoms with van der Waals surface area (Å²) < 4.78 is 3.88. The number of fused-ring (bicyclic) bond motifs is 1. The lowest BCUT2D eigenvalue weighted by Crippen LogP contribution is -2.27. The zero-order valence-corrected chi connectivity index (χ0v) is 11.7. The molecule has 108 valence electrons. The van der Waals surface area contributed by atoms with Crippen molar-refractivity contribution in [2.45, 2.75) is 39.1 Å². The van der Waals surface area contributed by atoms with E-state index < -0.39 is 6.10 Å². The van der Waals surface area contributed by atoms with Gasteiger partial charge in [-0.25, -0.2) is 4.98 Å². The maximum atomic E-state index is 9.63. The van der Waals surface area contributed by atoms with Crippen molar-refractivity contribution in [3.8, 4) is 0 Å². The van der Waals surface area contributed by atoms with Gasteiger partial charge in [-0.2, -0.15) is 10.2 Å². The van der Waals surface area contributed by atoms with E-state index in [9.17, 15) is 5.11 Å². The van der Waals surface area contributed by atoms with Crippen LogP contribution in [0.15, 0.2) is 18.7 Å². The lowest BCUT2D eigenvalue weighted by molar-refractivity contribution is 0.193. The summed E-state index contributed by atoms with van der Waals surface area (Å²) in [6.07, 6.45) is 3.88. The van der Waals surface area contributed by atoms with Crippen molar-refractivity contribution in [1.29, 1.82) is 0 Å². The molecule has 0 fully saturated rings. The van der Waals surface area contributed by atoms with E-state index in [-0.39, 0.29) is 0 Å². The Balaban J connectivity index is 1.65. The zero-order chi connectivity index (χ0) is 13.9. The van der Waals surface area contributed by atoms with Crippen LogP contribution >= 0.6 is 0 Å². The van der Waals surface area contributed by atoms with Crippen molar-refractivity contribution < 1.29 is 5.11 Å². The van der Waals surface area contributed by atoms with Crippen LogP contribution in [0.3, 0.4) is 0 Å². The molecule has 0 saturated carbocycles. The van der Waals surface area contributed by atoms with E-state index in [0.29, 0.717) is 0 Å². The summed E-state index contributed by atoms with van der Waals surface area (Å²) in [6.45, 7) is 6.39. The number of aliphatic hydroxyl groups is 1. The second-order valence-corrected chi connectivity index (χ2v) is 5.25. The number of aryl methyl sites for hydroxylation is 1. The van der Waals surface area contributed by atoms with Crippen LogP contribution in [0.25, 0.3) is 0 Å². The molecule has 0 spiro atoms. The molecule has 2 aromatic rings. The Labute approximate surface area is 117 Å². The Morgan fingerprint density at radius 1 is 1.35 bits per heavy atom. The molecule has 1 N–H and O–H groups in total. The number of aromatic nitrogens is 5. The van der Waals surface area contributed by atoms with Gasteiger partial charge in [-0.05, 0) is 19.4 Å². The summed E-state index contributed by atoms with van der Waals surface area (Å²) in [4.78, 5) is 6.35. The molecule has 7 nitrogen and oxygen atoms in total. The predicted molar refractivity (Wildman–Crippen MR) is 72.8 cm³/mol. The Morgan fingerprint density at radius 3 is 3.00 bits per heavy atom. The minimum absolute atomic E-state index is 0.502. The van der Waals surface area contributed by atoms with Crippen molar-refractivity contribution in [3.05, 3.63) is 30.1 Å². The predicted octanol–water partition coefficient (Wildman–Crippen LogP) is 0.434. The first-order valence-corrected chi connectivity index (χ1v) is 7.02. The Kier molecular flexibility index (Phi) is 3.79. The van der Waals surface area contributed by atoms with Gasteiger partial charge in [-0.1, -0.05) is 0 Å². The van der Waals surface area contributed by atoms with Gasteiger partial charge < -0.3 is 5.11 Å². The summed E-state index contributed by atoms with van der Waals surface area (Å²) in [6, 6.07) is 2.01. The minimum Gasteiger partial charge on any atom is -0.387 e. The van der Waals surface area contributed by atoms with E-state index in [1.54, 1.807) is 19.6 Å². The molecule has 3 rings (SSSR count). The lowest BCUT2D eigenvalue weighted by Gasteiger charge is -2.19. The topological polar surface area (TPSA) is 72.0 Å². The van der Waals surface area contributed by atoms with Crippen molar-refractivity contribution in [1.82, 2.24) is 29.4 Å². The first kappa shape index (κ1) is 13.3. The second kappa shape index (κ2) is 5.72. The SMILES string of the molecule is C[C@@H](O)c1cc2n(n1)CCCN(CCn1cncn1)C2. The van der Waals surface area contributed by atoms with Crippen molar-refractivity contribution in [2.75, 3.05) is 13.1 Å². The average molecular weight is 276 g/mol. The lowest BCUT2D eigenvalue weighted by atomic mass is 10.2. The smallest absolute Gasteiger partial charge is 0.137 e. The molecule has 0 unspecified atom stereocenters. The minimum atomic E-state index is -0.502. The van der Waals surface area contributed by atoms with E-state index in [2.05, 4.69) is 20.1 Å². The molecular formula is C13H20N6O. The first-order chi connectivity index (χ1) is 9.72. The van der Waals surface area contributed by atoms with Gasteiger partial charge in [-0.3, -0.25) is 14.3 Å². The molecule has 0 aromatic carbocycles. The summed E-state index contributed by atoms with van der Waals surface area (Å²) >= 11 is 0. The Morgan fingerprint density at radius 2 is 2.25 bits per heavy atom. The monoisotopic (exact) mass is 276 g/mol. The second-order valence-electron chi connectivity index (χ2n) is 5.25. The van der Waals surface area contributed by atoms with Gasteiger partial charge in [0.2, 0.25) is 0 Å². The van der Waals surface area contributed by atoms with Crippen LogP contribution < -0.4 is 0 Å². The van der Waals surface area contributed by atoms with Gasteiger partial charge in [0.15, 0.2) is 0 Å². The van der Waals surface area contributed by atoms with Crippen molar-refractivity contribution >= 4 is 0 Å². The van der Waals surface area contributed by atoms with Crippen LogP contribution in [0.2, 0.25) is 0 Å². The van der Waals surface area contributed by atoms with Gasteiger partial charge in [0.05, 0.1) is 24.0 Å². The largest absolute Gasteiger partial charge is 0.387 e. The molecule has 3 heterocycles. The molecule has 2 aromatic heterocycles. The number of nitrogens with zero attached hydrogens (tertiary/aromatic N) is 6. The van der Waals surface area contributed by atoms with E-state index in [4.69, 9.17) is 0 Å².